The van der Waals surface area contributed by atoms with Crippen LogP contribution in [0.3, 0.4) is 0 Å². The molecule has 1 N–H and O–H groups in total. The number of hydrogen-bond acceptors (Lipinski definition) is 5. The third-order valence-electron chi connectivity index (χ3n) is 3.09. The van der Waals surface area contributed by atoms with E-state index in [0.29, 0.717) is 0 Å². The summed E-state index contributed by atoms with van der Waals surface area (Å²) < 4.78 is 17.6. The second kappa shape index (κ2) is 5.05. The maximum Gasteiger partial charge on any atom is 0.330 e. The van der Waals surface area contributed by atoms with E-state index in [9.17, 15) is 9.59 Å². The summed E-state index contributed by atoms with van der Waals surface area (Å²) in [5.74, 6) is 0. The van der Waals surface area contributed by atoms with E-state index >= 15 is 0 Å². The third-order valence-corrected chi connectivity index (χ3v) is 3.09. The Kier molecular flexibility index (Phi) is 3.65. The molecule has 1 aromatic heterocycles. The van der Waals surface area contributed by atoms with Gasteiger partial charge in [0, 0.05) is 26.5 Å². The molecule has 100 valence electrons. The zero-order valence-electron chi connectivity index (χ0n) is 10.5. The minimum Gasteiger partial charge on any atom is -0.376 e. The van der Waals surface area contributed by atoms with Gasteiger partial charge in [-0.2, -0.15) is 0 Å². The average molecular weight is 256 g/mol. The van der Waals surface area contributed by atoms with Gasteiger partial charge in [0.1, 0.15) is 12.2 Å². The zero-order chi connectivity index (χ0) is 13.3. The summed E-state index contributed by atoms with van der Waals surface area (Å²) in [4.78, 5) is 24.9. The van der Waals surface area contributed by atoms with Crippen molar-refractivity contribution in [1.29, 1.82) is 0 Å². The van der Waals surface area contributed by atoms with Crippen LogP contribution in [-0.2, 0) is 14.2 Å². The molecule has 1 aliphatic heterocycles. The molecule has 0 saturated carbocycles. The summed E-state index contributed by atoms with van der Waals surface area (Å²) in [6.07, 6.45) is -0.0988. The molecule has 0 aliphatic carbocycles. The van der Waals surface area contributed by atoms with Crippen molar-refractivity contribution in [3.05, 3.63) is 33.1 Å². The summed E-state index contributed by atoms with van der Waals surface area (Å²) in [5, 5.41) is 0. The molecular formula is C11H16N2O5. The van der Waals surface area contributed by atoms with E-state index < -0.39 is 23.6 Å². The van der Waals surface area contributed by atoms with Gasteiger partial charge in [0.15, 0.2) is 6.23 Å². The number of aromatic nitrogens is 2. The molecule has 0 amide bonds. The molecule has 1 aliphatic rings. The Balaban J connectivity index is 2.38. The molecule has 2 heterocycles. The van der Waals surface area contributed by atoms with Crippen LogP contribution in [0.5, 0.6) is 0 Å². The van der Waals surface area contributed by atoms with Gasteiger partial charge >= 0.3 is 5.69 Å². The number of ether oxygens (including phenoxy) is 3. The number of nitrogens with zero attached hydrogens (tertiary/aromatic N) is 1. The molecule has 1 aromatic rings. The van der Waals surface area contributed by atoms with E-state index in [-0.39, 0.29) is 12.2 Å². The normalized spacial score (nSPS) is 31.7. The topological polar surface area (TPSA) is 82.6 Å². The molecule has 1 unspecified atom stereocenters. The van der Waals surface area contributed by atoms with Crippen LogP contribution in [0.25, 0.3) is 0 Å². The van der Waals surface area contributed by atoms with Crippen LogP contribution in [0.2, 0.25) is 0 Å². The van der Waals surface area contributed by atoms with Gasteiger partial charge in [0.2, 0.25) is 0 Å². The van der Waals surface area contributed by atoms with E-state index in [4.69, 9.17) is 14.2 Å². The van der Waals surface area contributed by atoms with E-state index in [0.717, 1.165) is 0 Å². The van der Waals surface area contributed by atoms with Gasteiger partial charge in [-0.15, -0.1) is 0 Å². The Morgan fingerprint density at radius 3 is 2.50 bits per heavy atom. The predicted octanol–water partition coefficient (Wildman–Crippen LogP) is -0.516. The molecule has 18 heavy (non-hydrogen) atoms. The molecular weight excluding hydrogens is 240 g/mol. The monoisotopic (exact) mass is 256 g/mol. The first-order chi connectivity index (χ1) is 8.58. The van der Waals surface area contributed by atoms with Gasteiger partial charge in [0.25, 0.3) is 5.56 Å². The van der Waals surface area contributed by atoms with Crippen molar-refractivity contribution in [3.8, 4) is 0 Å². The zero-order valence-corrected chi connectivity index (χ0v) is 10.5. The molecule has 0 spiro atoms. The van der Waals surface area contributed by atoms with E-state index in [1.165, 1.54) is 23.9 Å². The number of nitrogens with one attached hydrogen (secondary N) is 1. The Morgan fingerprint density at radius 1 is 1.28 bits per heavy atom. The van der Waals surface area contributed by atoms with Crippen molar-refractivity contribution < 1.29 is 14.2 Å². The molecule has 0 bridgehead atoms. The lowest BCUT2D eigenvalue weighted by Gasteiger charge is -2.21. The van der Waals surface area contributed by atoms with Crippen molar-refractivity contribution >= 4 is 0 Å². The van der Waals surface area contributed by atoms with Crippen LogP contribution in [0, 0.1) is 0 Å². The van der Waals surface area contributed by atoms with Crippen LogP contribution >= 0.6 is 0 Å². The highest BCUT2D eigenvalue weighted by molar-refractivity contribution is 4.93. The Hall–Kier alpha value is -1.44. The van der Waals surface area contributed by atoms with Crippen LogP contribution in [0.15, 0.2) is 21.9 Å². The lowest BCUT2D eigenvalue weighted by atomic mass is 10.1. The highest BCUT2D eigenvalue weighted by atomic mass is 16.6. The molecule has 1 fully saturated rings. The summed E-state index contributed by atoms with van der Waals surface area (Å²) in [7, 11) is 3.09. The maximum atomic E-state index is 11.7. The molecule has 7 nitrogen and oxygen atoms in total. The summed E-state index contributed by atoms with van der Waals surface area (Å²) in [6.45, 7) is 1.84. The lowest BCUT2D eigenvalue weighted by molar-refractivity contribution is -0.0546. The molecule has 0 aromatic carbocycles. The van der Waals surface area contributed by atoms with Crippen molar-refractivity contribution in [1.82, 2.24) is 9.55 Å². The predicted molar refractivity (Wildman–Crippen MR) is 62.5 cm³/mol. The molecule has 4 atom stereocenters. The first-order valence-corrected chi connectivity index (χ1v) is 5.61. The fourth-order valence-electron chi connectivity index (χ4n) is 2.23. The number of hydrogen-bond donors (Lipinski definition) is 1. The van der Waals surface area contributed by atoms with E-state index in [1.54, 1.807) is 7.11 Å². The van der Waals surface area contributed by atoms with E-state index in [2.05, 4.69) is 4.98 Å². The van der Waals surface area contributed by atoms with Crippen molar-refractivity contribution in [2.45, 2.75) is 31.5 Å². The fraction of sp³-hybridized carbons (Fsp3) is 0.636. The third kappa shape index (κ3) is 2.12. The molecule has 7 heteroatoms. The van der Waals surface area contributed by atoms with E-state index in [1.807, 2.05) is 6.92 Å². The van der Waals surface area contributed by atoms with Crippen molar-refractivity contribution in [2.24, 2.45) is 0 Å². The number of methoxy groups -OCH3 is 2. The molecule has 2 rings (SSSR count). The van der Waals surface area contributed by atoms with Gasteiger partial charge in [-0.1, -0.05) is 0 Å². The largest absolute Gasteiger partial charge is 0.376 e. The Labute approximate surface area is 103 Å². The second-order valence-electron chi connectivity index (χ2n) is 4.15. The number of H-pyrrole nitrogens is 1. The number of rotatable bonds is 3. The standard InChI is InChI=1S/C11H16N2O5/c1-6-8(16-2)9(17-3)10(18-6)13-5-4-7(14)12-11(13)15/h4-6,8-10H,1-3H3,(H,12,14,15)/t6-,8+,9?,10-/m1/s1. The van der Waals surface area contributed by atoms with Gasteiger partial charge in [0.05, 0.1) is 6.10 Å². The van der Waals surface area contributed by atoms with Crippen LogP contribution in [0.4, 0.5) is 0 Å². The van der Waals surface area contributed by atoms with Crippen molar-refractivity contribution in [2.75, 3.05) is 14.2 Å². The molecule has 0 radical (unpaired) electrons. The highest BCUT2D eigenvalue weighted by Crippen LogP contribution is 2.31. The van der Waals surface area contributed by atoms with Crippen LogP contribution in [0.1, 0.15) is 13.2 Å². The smallest absolute Gasteiger partial charge is 0.330 e. The van der Waals surface area contributed by atoms with Gasteiger partial charge < -0.3 is 14.2 Å². The minimum atomic E-state index is -0.612. The summed E-state index contributed by atoms with van der Waals surface area (Å²) >= 11 is 0. The van der Waals surface area contributed by atoms with Gasteiger partial charge in [-0.05, 0) is 6.92 Å². The maximum absolute atomic E-state index is 11.7. The highest BCUT2D eigenvalue weighted by Gasteiger charge is 2.44. The average Bonchev–Trinajstić information content (AvgIpc) is 2.65. The van der Waals surface area contributed by atoms with Crippen molar-refractivity contribution in [3.63, 3.8) is 0 Å². The van der Waals surface area contributed by atoms with Gasteiger partial charge in [-0.25, -0.2) is 4.79 Å². The second-order valence-corrected chi connectivity index (χ2v) is 4.15. The first kappa shape index (κ1) is 13.0. The van der Waals surface area contributed by atoms with Gasteiger partial charge in [-0.3, -0.25) is 14.3 Å². The Morgan fingerprint density at radius 2 is 1.94 bits per heavy atom. The minimum absolute atomic E-state index is 0.205. The van der Waals surface area contributed by atoms with Crippen LogP contribution < -0.4 is 11.2 Å². The summed E-state index contributed by atoms with van der Waals surface area (Å²) in [5.41, 5.74) is -0.974. The molecule has 1 saturated heterocycles. The fourth-order valence-corrected chi connectivity index (χ4v) is 2.23. The number of aromatic amines is 1. The quantitative estimate of drug-likeness (QED) is 0.787. The Bertz CT molecular complexity index is 523. The summed E-state index contributed by atoms with van der Waals surface area (Å²) in [6, 6.07) is 1.27. The SMILES string of the molecule is COC1[C@@H](OC)[C@@H](C)O[C@H]1n1ccc(=O)[nH]c1=O. The van der Waals surface area contributed by atoms with Crippen LogP contribution in [-0.4, -0.2) is 42.1 Å². The lowest BCUT2D eigenvalue weighted by Crippen LogP contribution is -2.39. The first-order valence-electron chi connectivity index (χ1n) is 5.61.